The van der Waals surface area contributed by atoms with E-state index in [4.69, 9.17) is 0 Å². The van der Waals surface area contributed by atoms with Gasteiger partial charge in [0, 0.05) is 6.20 Å². The van der Waals surface area contributed by atoms with Crippen molar-refractivity contribution in [3.63, 3.8) is 0 Å². The number of rotatable bonds is 3. The van der Waals surface area contributed by atoms with Crippen molar-refractivity contribution in [2.75, 3.05) is 7.05 Å². The average molecular weight is 217 g/mol. The van der Waals surface area contributed by atoms with Crippen molar-refractivity contribution < 1.29 is 0 Å². The Morgan fingerprint density at radius 2 is 2.19 bits per heavy atom. The first-order chi connectivity index (χ1) is 7.92. The van der Waals surface area contributed by atoms with Crippen molar-refractivity contribution in [1.29, 1.82) is 0 Å². The summed E-state index contributed by atoms with van der Waals surface area (Å²) in [6, 6.07) is 2.36. The quantitative estimate of drug-likeness (QED) is 0.791. The molecule has 3 heteroatoms. The summed E-state index contributed by atoms with van der Waals surface area (Å²) >= 11 is 0. The Hall–Kier alpha value is -1.22. The summed E-state index contributed by atoms with van der Waals surface area (Å²) in [5.74, 6) is 0. The molecular formula is C13H19N3. The Labute approximate surface area is 97.0 Å². The van der Waals surface area contributed by atoms with Gasteiger partial charge in [0.1, 0.15) is 0 Å². The highest BCUT2D eigenvalue weighted by molar-refractivity contribution is 5.25. The minimum atomic E-state index is 0.314. The van der Waals surface area contributed by atoms with Gasteiger partial charge in [-0.1, -0.05) is 18.1 Å². The third-order valence-corrected chi connectivity index (χ3v) is 3.18. The number of hydrogen-bond donors (Lipinski definition) is 1. The monoisotopic (exact) mass is 217 g/mol. The molecule has 0 radical (unpaired) electrons. The molecule has 0 aliphatic heterocycles. The molecule has 3 nitrogen and oxygen atoms in total. The molecule has 1 aromatic rings. The van der Waals surface area contributed by atoms with Gasteiger partial charge < -0.3 is 5.32 Å². The average Bonchev–Trinajstić information content (AvgIpc) is 2.61. The van der Waals surface area contributed by atoms with Crippen molar-refractivity contribution in [3.8, 4) is 0 Å². The molecule has 0 saturated carbocycles. The van der Waals surface area contributed by atoms with Gasteiger partial charge in [0.25, 0.3) is 0 Å². The first kappa shape index (κ1) is 11.3. The lowest BCUT2D eigenvalue weighted by Crippen LogP contribution is -2.19. The highest BCUT2D eigenvalue weighted by Crippen LogP contribution is 2.28. The maximum atomic E-state index is 3.95. The Morgan fingerprint density at radius 3 is 2.94 bits per heavy atom. The fraction of sp³-hybridized carbons (Fsp3) is 0.538. The SMILES string of the molecule is CNC(C1=CCCCCC1)c1ccnnc1. The molecule has 0 bridgehead atoms. The van der Waals surface area contributed by atoms with Gasteiger partial charge in [-0.3, -0.25) is 0 Å². The zero-order valence-corrected chi connectivity index (χ0v) is 9.82. The summed E-state index contributed by atoms with van der Waals surface area (Å²) in [4.78, 5) is 0. The number of allylic oxidation sites excluding steroid dienone is 1. The van der Waals surface area contributed by atoms with Crippen LogP contribution in [0.3, 0.4) is 0 Å². The largest absolute Gasteiger partial charge is 0.310 e. The third-order valence-electron chi connectivity index (χ3n) is 3.18. The van der Waals surface area contributed by atoms with E-state index in [0.29, 0.717) is 6.04 Å². The van der Waals surface area contributed by atoms with Crippen LogP contribution < -0.4 is 5.32 Å². The van der Waals surface area contributed by atoms with Gasteiger partial charge in [0.15, 0.2) is 0 Å². The van der Waals surface area contributed by atoms with Crippen LogP contribution in [0.1, 0.15) is 43.7 Å². The second-order valence-corrected chi connectivity index (χ2v) is 4.28. The van der Waals surface area contributed by atoms with Gasteiger partial charge in [-0.25, -0.2) is 0 Å². The molecule has 1 aliphatic rings. The molecule has 16 heavy (non-hydrogen) atoms. The first-order valence-corrected chi connectivity index (χ1v) is 6.04. The van der Waals surface area contributed by atoms with E-state index >= 15 is 0 Å². The van der Waals surface area contributed by atoms with Crippen LogP contribution in [-0.2, 0) is 0 Å². The summed E-state index contributed by atoms with van der Waals surface area (Å²) < 4.78 is 0. The molecule has 1 N–H and O–H groups in total. The van der Waals surface area contributed by atoms with E-state index in [-0.39, 0.29) is 0 Å². The molecule has 86 valence electrons. The topological polar surface area (TPSA) is 37.8 Å². The van der Waals surface area contributed by atoms with Crippen LogP contribution in [0, 0.1) is 0 Å². The van der Waals surface area contributed by atoms with E-state index in [9.17, 15) is 0 Å². The fourth-order valence-corrected chi connectivity index (χ4v) is 2.34. The number of hydrogen-bond acceptors (Lipinski definition) is 3. The number of nitrogens with zero attached hydrogens (tertiary/aromatic N) is 2. The van der Waals surface area contributed by atoms with Gasteiger partial charge in [-0.15, -0.1) is 0 Å². The standard InChI is InChI=1S/C13H19N3/c1-14-13(12-8-9-15-16-10-12)11-6-4-2-3-5-7-11/h6,8-10,13-14H,2-5,7H2,1H3. The van der Waals surface area contributed by atoms with Crippen molar-refractivity contribution in [3.05, 3.63) is 35.7 Å². The van der Waals surface area contributed by atoms with Crippen LogP contribution >= 0.6 is 0 Å². The predicted octanol–water partition coefficient (Wildman–Crippen LogP) is 2.63. The van der Waals surface area contributed by atoms with Crippen LogP contribution in [-0.4, -0.2) is 17.2 Å². The number of nitrogens with one attached hydrogen (secondary N) is 1. The molecule has 0 aromatic carbocycles. The normalized spacial score (nSPS) is 18.7. The van der Waals surface area contributed by atoms with Gasteiger partial charge in [-0.05, 0) is 44.4 Å². The molecule has 1 aromatic heterocycles. The molecule has 0 spiro atoms. The van der Waals surface area contributed by atoms with Crippen molar-refractivity contribution in [2.45, 2.75) is 38.1 Å². The molecule has 1 atom stereocenters. The first-order valence-electron chi connectivity index (χ1n) is 6.04. The smallest absolute Gasteiger partial charge is 0.0550 e. The van der Waals surface area contributed by atoms with E-state index in [2.05, 4.69) is 21.6 Å². The van der Waals surface area contributed by atoms with E-state index in [1.165, 1.54) is 43.2 Å². The second kappa shape index (κ2) is 5.75. The number of likely N-dealkylation sites (N-methyl/N-ethyl adjacent to an activating group) is 1. The summed E-state index contributed by atoms with van der Waals surface area (Å²) in [6.07, 6.45) is 12.4. The van der Waals surface area contributed by atoms with E-state index in [1.54, 1.807) is 6.20 Å². The zero-order chi connectivity index (χ0) is 11.2. The Balaban J connectivity index is 2.18. The lowest BCUT2D eigenvalue weighted by atomic mass is 9.97. The van der Waals surface area contributed by atoms with Crippen molar-refractivity contribution in [1.82, 2.24) is 15.5 Å². The van der Waals surface area contributed by atoms with Gasteiger partial charge >= 0.3 is 0 Å². The van der Waals surface area contributed by atoms with Gasteiger partial charge in [-0.2, -0.15) is 10.2 Å². The molecule has 1 unspecified atom stereocenters. The molecule has 2 rings (SSSR count). The lowest BCUT2D eigenvalue weighted by Gasteiger charge is -2.19. The molecule has 1 aliphatic carbocycles. The van der Waals surface area contributed by atoms with Crippen molar-refractivity contribution >= 4 is 0 Å². The van der Waals surface area contributed by atoms with Crippen molar-refractivity contribution in [2.24, 2.45) is 0 Å². The third kappa shape index (κ3) is 2.67. The Morgan fingerprint density at radius 1 is 1.25 bits per heavy atom. The van der Waals surface area contributed by atoms with Crippen LogP contribution in [0.5, 0.6) is 0 Å². The highest BCUT2D eigenvalue weighted by atomic mass is 15.1. The predicted molar refractivity (Wildman–Crippen MR) is 65.0 cm³/mol. The second-order valence-electron chi connectivity index (χ2n) is 4.28. The fourth-order valence-electron chi connectivity index (χ4n) is 2.34. The maximum absolute atomic E-state index is 3.95. The maximum Gasteiger partial charge on any atom is 0.0550 e. The minimum absolute atomic E-state index is 0.314. The van der Waals surface area contributed by atoms with Crippen LogP contribution in [0.15, 0.2) is 30.1 Å². The van der Waals surface area contributed by atoms with Crippen LogP contribution in [0.25, 0.3) is 0 Å². The lowest BCUT2D eigenvalue weighted by molar-refractivity contribution is 0.625. The summed E-state index contributed by atoms with van der Waals surface area (Å²) in [6.45, 7) is 0. The molecule has 1 heterocycles. The summed E-state index contributed by atoms with van der Waals surface area (Å²) in [5.41, 5.74) is 2.72. The zero-order valence-electron chi connectivity index (χ0n) is 9.82. The highest BCUT2D eigenvalue weighted by Gasteiger charge is 2.15. The molecule has 0 saturated heterocycles. The minimum Gasteiger partial charge on any atom is -0.310 e. The Kier molecular flexibility index (Phi) is 4.05. The van der Waals surface area contributed by atoms with Gasteiger partial charge in [0.05, 0.1) is 12.2 Å². The van der Waals surface area contributed by atoms with Gasteiger partial charge in [0.2, 0.25) is 0 Å². The van der Waals surface area contributed by atoms with Crippen LogP contribution in [0.2, 0.25) is 0 Å². The van der Waals surface area contributed by atoms with Crippen LogP contribution in [0.4, 0.5) is 0 Å². The molecular weight excluding hydrogens is 198 g/mol. The molecule has 0 amide bonds. The number of aromatic nitrogens is 2. The summed E-state index contributed by atoms with van der Waals surface area (Å²) in [7, 11) is 2.01. The van der Waals surface area contributed by atoms with E-state index in [0.717, 1.165) is 0 Å². The Bertz CT molecular complexity index is 345. The van der Waals surface area contributed by atoms with E-state index in [1.807, 2.05) is 19.3 Å². The van der Waals surface area contributed by atoms with E-state index < -0.39 is 0 Å². The summed E-state index contributed by atoms with van der Waals surface area (Å²) in [5, 5.41) is 11.2. The molecule has 0 fully saturated rings.